The van der Waals surface area contributed by atoms with Gasteiger partial charge in [-0.05, 0) is 19.1 Å². The van der Waals surface area contributed by atoms with Crippen LogP contribution in [-0.2, 0) is 6.54 Å². The summed E-state index contributed by atoms with van der Waals surface area (Å²) in [5, 5.41) is 3.00. The van der Waals surface area contributed by atoms with Crippen LogP contribution in [0, 0.1) is 6.92 Å². The van der Waals surface area contributed by atoms with E-state index in [-0.39, 0.29) is 12.5 Å². The van der Waals surface area contributed by atoms with Crippen LogP contribution in [0.1, 0.15) is 11.5 Å². The third-order valence-corrected chi connectivity index (χ3v) is 3.94. The summed E-state index contributed by atoms with van der Waals surface area (Å²) < 4.78 is 16.3. The van der Waals surface area contributed by atoms with Crippen molar-refractivity contribution < 1.29 is 13.9 Å². The third-order valence-electron chi connectivity index (χ3n) is 3.94. The summed E-state index contributed by atoms with van der Waals surface area (Å²) in [5.41, 5.74) is 8.79. The summed E-state index contributed by atoms with van der Waals surface area (Å²) in [7, 11) is 3.18. The first kappa shape index (κ1) is 18.3. The van der Waals surface area contributed by atoms with E-state index in [1.807, 2.05) is 31.2 Å². The number of hydrogen-bond acceptors (Lipinski definition) is 5. The molecule has 7 heteroatoms. The van der Waals surface area contributed by atoms with Gasteiger partial charge in [-0.2, -0.15) is 0 Å². The van der Waals surface area contributed by atoms with Crippen LogP contribution in [0.4, 0.5) is 5.69 Å². The van der Waals surface area contributed by atoms with Gasteiger partial charge >= 0.3 is 0 Å². The van der Waals surface area contributed by atoms with Crippen molar-refractivity contribution >= 4 is 11.6 Å². The summed E-state index contributed by atoms with van der Waals surface area (Å²) in [6.45, 7) is 2.26. The molecule has 0 atom stereocenters. The van der Waals surface area contributed by atoms with E-state index in [4.69, 9.17) is 19.6 Å². The standard InChI is InChI=1S/C20H22N4O3/c1-13-4-6-14(7-5-13)18-11-22-19(27-18)12-23-20(21)24-16-10-15(25-2)8-9-17(16)26-3/h4-11H,12H2,1-3H3,(H3,21,23,24). The second-order valence-electron chi connectivity index (χ2n) is 5.88. The van der Waals surface area contributed by atoms with Crippen molar-refractivity contribution in [3.8, 4) is 22.8 Å². The highest BCUT2D eigenvalue weighted by Gasteiger charge is 2.08. The second kappa shape index (κ2) is 8.27. The van der Waals surface area contributed by atoms with Gasteiger partial charge in [-0.15, -0.1) is 0 Å². The van der Waals surface area contributed by atoms with Gasteiger partial charge in [-0.25, -0.2) is 9.98 Å². The number of oxazole rings is 1. The molecule has 0 saturated heterocycles. The van der Waals surface area contributed by atoms with Gasteiger partial charge in [0.1, 0.15) is 18.0 Å². The summed E-state index contributed by atoms with van der Waals surface area (Å²) >= 11 is 0. The van der Waals surface area contributed by atoms with Crippen LogP contribution in [0.2, 0.25) is 0 Å². The first-order chi connectivity index (χ1) is 13.1. The molecule has 3 N–H and O–H groups in total. The molecule has 0 bridgehead atoms. The van der Waals surface area contributed by atoms with Crippen LogP contribution >= 0.6 is 0 Å². The number of rotatable bonds is 6. The van der Waals surface area contributed by atoms with Crippen LogP contribution in [0.15, 0.2) is 58.1 Å². The lowest BCUT2D eigenvalue weighted by atomic mass is 10.1. The Morgan fingerprint density at radius 3 is 2.63 bits per heavy atom. The number of ether oxygens (including phenoxy) is 2. The Kier molecular flexibility index (Phi) is 5.61. The number of anilines is 1. The average molecular weight is 366 g/mol. The molecule has 140 valence electrons. The highest BCUT2D eigenvalue weighted by atomic mass is 16.5. The van der Waals surface area contributed by atoms with Crippen LogP contribution in [0.5, 0.6) is 11.5 Å². The maximum Gasteiger partial charge on any atom is 0.216 e. The number of nitrogens with one attached hydrogen (secondary N) is 1. The van der Waals surface area contributed by atoms with Gasteiger partial charge in [0.25, 0.3) is 0 Å². The molecule has 3 rings (SSSR count). The summed E-state index contributed by atoms with van der Waals surface area (Å²) in [5.74, 6) is 2.71. The predicted octanol–water partition coefficient (Wildman–Crippen LogP) is 3.59. The smallest absolute Gasteiger partial charge is 0.216 e. The van der Waals surface area contributed by atoms with Gasteiger partial charge < -0.3 is 24.9 Å². The van der Waals surface area contributed by atoms with Crippen molar-refractivity contribution in [2.75, 3.05) is 19.5 Å². The monoisotopic (exact) mass is 366 g/mol. The number of nitrogens with zero attached hydrogens (tertiary/aromatic N) is 2. The molecule has 27 heavy (non-hydrogen) atoms. The molecule has 0 aliphatic carbocycles. The number of hydrogen-bond donors (Lipinski definition) is 2. The molecule has 0 amide bonds. The van der Waals surface area contributed by atoms with Crippen molar-refractivity contribution in [2.24, 2.45) is 10.7 Å². The van der Waals surface area contributed by atoms with E-state index in [0.29, 0.717) is 28.8 Å². The van der Waals surface area contributed by atoms with Gasteiger partial charge in [-0.3, -0.25) is 0 Å². The van der Waals surface area contributed by atoms with E-state index < -0.39 is 0 Å². The van der Waals surface area contributed by atoms with E-state index in [9.17, 15) is 0 Å². The van der Waals surface area contributed by atoms with Crippen LogP contribution in [0.25, 0.3) is 11.3 Å². The minimum Gasteiger partial charge on any atom is -0.497 e. The molecule has 0 radical (unpaired) electrons. The van der Waals surface area contributed by atoms with Crippen molar-refractivity contribution in [1.82, 2.24) is 4.98 Å². The molecule has 0 aliphatic heterocycles. The SMILES string of the molecule is COc1ccc(OC)c(NC(N)=NCc2ncc(-c3ccc(C)cc3)o2)c1. The Hall–Kier alpha value is -3.48. The molecule has 1 aromatic heterocycles. The summed E-state index contributed by atoms with van der Waals surface area (Å²) in [6.07, 6.45) is 1.68. The normalized spacial score (nSPS) is 11.3. The maximum absolute atomic E-state index is 5.98. The number of aryl methyl sites for hydroxylation is 1. The molecule has 3 aromatic rings. The van der Waals surface area contributed by atoms with Crippen molar-refractivity contribution in [1.29, 1.82) is 0 Å². The van der Waals surface area contributed by atoms with Crippen molar-refractivity contribution in [2.45, 2.75) is 13.5 Å². The van der Waals surface area contributed by atoms with Crippen molar-refractivity contribution in [3.63, 3.8) is 0 Å². The number of guanidine groups is 1. The first-order valence-electron chi connectivity index (χ1n) is 8.39. The second-order valence-corrected chi connectivity index (χ2v) is 5.88. The fourth-order valence-electron chi connectivity index (χ4n) is 2.48. The number of aliphatic imine (C=N–C) groups is 1. The van der Waals surface area contributed by atoms with Gasteiger partial charge in [0.2, 0.25) is 5.89 Å². The highest BCUT2D eigenvalue weighted by molar-refractivity contribution is 5.93. The molecule has 0 unspecified atom stereocenters. The molecule has 0 spiro atoms. The molecular weight excluding hydrogens is 344 g/mol. The van der Waals surface area contributed by atoms with E-state index >= 15 is 0 Å². The zero-order valence-electron chi connectivity index (χ0n) is 15.5. The molecule has 0 fully saturated rings. The molecule has 7 nitrogen and oxygen atoms in total. The molecule has 1 heterocycles. The van der Waals surface area contributed by atoms with Gasteiger partial charge in [0.15, 0.2) is 11.7 Å². The van der Waals surface area contributed by atoms with Crippen LogP contribution in [0.3, 0.4) is 0 Å². The lowest BCUT2D eigenvalue weighted by Gasteiger charge is -2.11. The van der Waals surface area contributed by atoms with E-state index in [2.05, 4.69) is 15.3 Å². The fraction of sp³-hybridized carbons (Fsp3) is 0.200. The number of nitrogens with two attached hydrogens (primary N) is 1. The maximum atomic E-state index is 5.98. The fourth-order valence-corrected chi connectivity index (χ4v) is 2.48. The average Bonchev–Trinajstić information content (AvgIpc) is 3.16. The van der Waals surface area contributed by atoms with Gasteiger partial charge in [0.05, 0.1) is 26.1 Å². The quantitative estimate of drug-likeness (QED) is 0.511. The minimum atomic E-state index is 0.219. The van der Waals surface area contributed by atoms with E-state index in [1.54, 1.807) is 38.6 Å². The lowest BCUT2D eigenvalue weighted by Crippen LogP contribution is -2.23. The zero-order valence-corrected chi connectivity index (χ0v) is 15.5. The molecular formula is C20H22N4O3. The highest BCUT2D eigenvalue weighted by Crippen LogP contribution is 2.28. The minimum absolute atomic E-state index is 0.219. The van der Waals surface area contributed by atoms with E-state index in [0.717, 1.165) is 5.56 Å². The topological polar surface area (TPSA) is 94.9 Å². The first-order valence-corrected chi connectivity index (χ1v) is 8.39. The van der Waals surface area contributed by atoms with Crippen molar-refractivity contribution in [3.05, 3.63) is 60.1 Å². The van der Waals surface area contributed by atoms with Gasteiger partial charge in [-0.1, -0.05) is 29.8 Å². The molecule has 0 aliphatic rings. The number of methoxy groups -OCH3 is 2. The largest absolute Gasteiger partial charge is 0.497 e. The Labute approximate surface area is 157 Å². The Bertz CT molecular complexity index is 933. The number of aromatic nitrogens is 1. The van der Waals surface area contributed by atoms with Crippen LogP contribution in [-0.4, -0.2) is 25.2 Å². The zero-order chi connectivity index (χ0) is 19.2. The summed E-state index contributed by atoms with van der Waals surface area (Å²) in [6, 6.07) is 13.4. The Morgan fingerprint density at radius 2 is 1.93 bits per heavy atom. The lowest BCUT2D eigenvalue weighted by molar-refractivity contribution is 0.405. The molecule has 0 saturated carbocycles. The summed E-state index contributed by atoms with van der Waals surface area (Å²) in [4.78, 5) is 8.53. The van der Waals surface area contributed by atoms with E-state index in [1.165, 1.54) is 5.56 Å². The Morgan fingerprint density at radius 1 is 1.15 bits per heavy atom. The third kappa shape index (κ3) is 4.58. The van der Waals surface area contributed by atoms with Crippen LogP contribution < -0.4 is 20.5 Å². The number of benzene rings is 2. The predicted molar refractivity (Wildman–Crippen MR) is 105 cm³/mol. The molecule has 2 aromatic carbocycles. The van der Waals surface area contributed by atoms with Gasteiger partial charge in [0, 0.05) is 11.6 Å². The Balaban J connectivity index is 1.68.